The SMILES string of the molecule is CNC(=O)NC(Cc1ccccc1)C(=O)N(C)c1ccc2c(c1)OCO2. The highest BCUT2D eigenvalue weighted by atomic mass is 16.7. The highest BCUT2D eigenvalue weighted by Crippen LogP contribution is 2.35. The van der Waals surface area contributed by atoms with E-state index in [9.17, 15) is 9.59 Å². The molecular weight excluding hydrogens is 334 g/mol. The number of nitrogens with one attached hydrogen (secondary N) is 2. The van der Waals surface area contributed by atoms with Gasteiger partial charge in [-0.2, -0.15) is 0 Å². The van der Waals surface area contributed by atoms with E-state index < -0.39 is 12.1 Å². The van der Waals surface area contributed by atoms with Crippen LogP contribution in [0.1, 0.15) is 5.56 Å². The van der Waals surface area contributed by atoms with E-state index in [0.717, 1.165) is 5.56 Å². The van der Waals surface area contributed by atoms with Crippen LogP contribution in [-0.2, 0) is 11.2 Å². The maximum absolute atomic E-state index is 13.0. The first-order valence-electron chi connectivity index (χ1n) is 8.28. The van der Waals surface area contributed by atoms with Crippen molar-refractivity contribution in [2.75, 3.05) is 25.8 Å². The quantitative estimate of drug-likeness (QED) is 0.859. The standard InChI is InChI=1S/C19H21N3O4/c1-20-19(24)21-15(10-13-6-4-3-5-7-13)18(23)22(2)14-8-9-16-17(11-14)26-12-25-16/h3-9,11,15H,10,12H2,1-2H3,(H2,20,21,24). The molecule has 0 spiro atoms. The molecule has 0 bridgehead atoms. The van der Waals surface area contributed by atoms with Gasteiger partial charge in [-0.3, -0.25) is 4.79 Å². The lowest BCUT2D eigenvalue weighted by Gasteiger charge is -2.25. The fourth-order valence-electron chi connectivity index (χ4n) is 2.74. The highest BCUT2D eigenvalue weighted by Gasteiger charge is 2.26. The number of fused-ring (bicyclic) bond motifs is 1. The molecule has 1 heterocycles. The number of benzene rings is 2. The van der Waals surface area contributed by atoms with Crippen molar-refractivity contribution in [1.82, 2.24) is 10.6 Å². The van der Waals surface area contributed by atoms with Gasteiger partial charge >= 0.3 is 6.03 Å². The predicted molar refractivity (Wildman–Crippen MR) is 97.5 cm³/mol. The van der Waals surface area contributed by atoms with Crippen molar-refractivity contribution in [3.8, 4) is 11.5 Å². The van der Waals surface area contributed by atoms with Crippen LogP contribution in [0.5, 0.6) is 11.5 Å². The Morgan fingerprint density at radius 3 is 2.58 bits per heavy atom. The van der Waals surface area contributed by atoms with Crippen LogP contribution < -0.4 is 25.0 Å². The maximum atomic E-state index is 13.0. The molecule has 7 heteroatoms. The molecule has 3 amide bonds. The van der Waals surface area contributed by atoms with Crippen molar-refractivity contribution in [2.45, 2.75) is 12.5 Å². The average molecular weight is 355 g/mol. The number of nitrogens with zero attached hydrogens (tertiary/aromatic N) is 1. The molecule has 7 nitrogen and oxygen atoms in total. The second kappa shape index (κ2) is 7.77. The highest BCUT2D eigenvalue weighted by molar-refractivity contribution is 5.99. The molecule has 2 aromatic carbocycles. The van der Waals surface area contributed by atoms with Gasteiger partial charge in [0.05, 0.1) is 0 Å². The third-order valence-corrected chi connectivity index (χ3v) is 4.19. The van der Waals surface area contributed by atoms with Crippen molar-refractivity contribution in [1.29, 1.82) is 0 Å². The Morgan fingerprint density at radius 1 is 1.12 bits per heavy atom. The first-order chi connectivity index (χ1) is 12.6. The van der Waals surface area contributed by atoms with Crippen molar-refractivity contribution in [3.63, 3.8) is 0 Å². The van der Waals surface area contributed by atoms with Crippen LogP contribution in [0.3, 0.4) is 0 Å². The van der Waals surface area contributed by atoms with Gasteiger partial charge in [-0.15, -0.1) is 0 Å². The zero-order valence-corrected chi connectivity index (χ0v) is 14.7. The number of urea groups is 1. The Hall–Kier alpha value is -3.22. The van der Waals surface area contributed by atoms with Crippen molar-refractivity contribution < 1.29 is 19.1 Å². The number of amides is 3. The van der Waals surface area contributed by atoms with Crippen LogP contribution in [0, 0.1) is 0 Å². The molecule has 136 valence electrons. The summed E-state index contributed by atoms with van der Waals surface area (Å²) in [5, 5.41) is 5.21. The Kier molecular flexibility index (Phi) is 5.26. The smallest absolute Gasteiger partial charge is 0.315 e. The van der Waals surface area contributed by atoms with Gasteiger partial charge in [0.15, 0.2) is 11.5 Å². The molecule has 0 fully saturated rings. The van der Waals surface area contributed by atoms with Gasteiger partial charge in [0.2, 0.25) is 12.7 Å². The van der Waals surface area contributed by atoms with Gasteiger partial charge in [0.25, 0.3) is 0 Å². The Balaban J connectivity index is 1.80. The number of rotatable bonds is 5. The van der Waals surface area contributed by atoms with E-state index in [0.29, 0.717) is 23.6 Å². The van der Waals surface area contributed by atoms with Crippen LogP contribution in [0.2, 0.25) is 0 Å². The lowest BCUT2D eigenvalue weighted by molar-refractivity contribution is -0.120. The summed E-state index contributed by atoms with van der Waals surface area (Å²) in [6.07, 6.45) is 0.391. The van der Waals surface area contributed by atoms with Gasteiger partial charge in [0, 0.05) is 32.3 Å². The summed E-state index contributed by atoms with van der Waals surface area (Å²) in [5.74, 6) is 1.02. The number of ether oxygens (including phenoxy) is 2. The predicted octanol–water partition coefficient (Wildman–Crippen LogP) is 1.92. The van der Waals surface area contributed by atoms with Gasteiger partial charge in [0.1, 0.15) is 6.04 Å². The fourth-order valence-corrected chi connectivity index (χ4v) is 2.74. The second-order valence-electron chi connectivity index (χ2n) is 5.90. The molecule has 26 heavy (non-hydrogen) atoms. The number of hydrogen-bond donors (Lipinski definition) is 2. The van der Waals surface area contributed by atoms with Gasteiger partial charge in [-0.05, 0) is 17.7 Å². The van der Waals surface area contributed by atoms with Gasteiger partial charge < -0.3 is 25.0 Å². The summed E-state index contributed by atoms with van der Waals surface area (Å²) < 4.78 is 10.7. The van der Waals surface area contributed by atoms with Crippen LogP contribution in [0.4, 0.5) is 10.5 Å². The molecule has 0 aromatic heterocycles. The molecule has 0 aliphatic carbocycles. The molecule has 1 unspecified atom stereocenters. The monoisotopic (exact) mass is 355 g/mol. The molecule has 0 saturated heterocycles. The summed E-state index contributed by atoms with van der Waals surface area (Å²) in [5.41, 5.74) is 1.62. The van der Waals surface area contributed by atoms with Crippen LogP contribution >= 0.6 is 0 Å². The minimum absolute atomic E-state index is 0.172. The third-order valence-electron chi connectivity index (χ3n) is 4.19. The van der Waals surface area contributed by atoms with Crippen LogP contribution in [-0.4, -0.2) is 38.9 Å². The summed E-state index contributed by atoms with van der Waals surface area (Å²) in [6.45, 7) is 0.172. The lowest BCUT2D eigenvalue weighted by Crippen LogP contribution is -2.51. The molecule has 1 aliphatic heterocycles. The lowest BCUT2D eigenvalue weighted by atomic mass is 10.0. The van der Waals surface area contributed by atoms with E-state index >= 15 is 0 Å². The molecule has 1 atom stereocenters. The molecule has 2 aromatic rings. The number of hydrogen-bond acceptors (Lipinski definition) is 4. The number of likely N-dealkylation sites (N-methyl/N-ethyl adjacent to an activating group) is 1. The first-order valence-corrected chi connectivity index (χ1v) is 8.28. The molecular formula is C19H21N3O4. The van der Waals surface area contributed by atoms with Gasteiger partial charge in [-0.1, -0.05) is 30.3 Å². The first kappa shape index (κ1) is 17.6. The minimum atomic E-state index is -0.701. The van der Waals surface area contributed by atoms with Crippen molar-refractivity contribution in [2.24, 2.45) is 0 Å². The van der Waals surface area contributed by atoms with Gasteiger partial charge in [-0.25, -0.2) is 4.79 Å². The summed E-state index contributed by atoms with van der Waals surface area (Å²) in [6, 6.07) is 13.7. The number of carbonyl (C=O) groups is 2. The molecule has 3 rings (SSSR count). The molecule has 2 N–H and O–H groups in total. The van der Waals surface area contributed by atoms with Crippen LogP contribution in [0.25, 0.3) is 0 Å². The van der Waals surface area contributed by atoms with Crippen LogP contribution in [0.15, 0.2) is 48.5 Å². The summed E-state index contributed by atoms with van der Waals surface area (Å²) in [4.78, 5) is 26.3. The zero-order chi connectivity index (χ0) is 18.5. The van der Waals surface area contributed by atoms with Crippen molar-refractivity contribution >= 4 is 17.6 Å². The molecule has 0 saturated carbocycles. The Bertz CT molecular complexity index is 795. The number of carbonyl (C=O) groups excluding carboxylic acids is 2. The number of anilines is 1. The zero-order valence-electron chi connectivity index (χ0n) is 14.7. The average Bonchev–Trinajstić information content (AvgIpc) is 3.14. The van der Waals surface area contributed by atoms with E-state index in [1.165, 1.54) is 11.9 Å². The molecule has 1 aliphatic rings. The Labute approximate surface area is 151 Å². The Morgan fingerprint density at radius 2 is 1.85 bits per heavy atom. The van der Waals surface area contributed by atoms with E-state index in [-0.39, 0.29) is 12.7 Å². The normalized spacial score (nSPS) is 13.0. The topological polar surface area (TPSA) is 79.9 Å². The van der Waals surface area contributed by atoms with E-state index in [4.69, 9.17) is 9.47 Å². The maximum Gasteiger partial charge on any atom is 0.315 e. The largest absolute Gasteiger partial charge is 0.454 e. The molecule has 0 radical (unpaired) electrons. The van der Waals surface area contributed by atoms with E-state index in [1.807, 2.05) is 30.3 Å². The second-order valence-corrected chi connectivity index (χ2v) is 5.90. The summed E-state index contributed by atoms with van der Waals surface area (Å²) >= 11 is 0. The van der Waals surface area contributed by atoms with E-state index in [1.54, 1.807) is 25.2 Å². The van der Waals surface area contributed by atoms with E-state index in [2.05, 4.69) is 10.6 Å². The summed E-state index contributed by atoms with van der Waals surface area (Å²) in [7, 11) is 3.18. The fraction of sp³-hybridized carbons (Fsp3) is 0.263. The minimum Gasteiger partial charge on any atom is -0.454 e. The van der Waals surface area contributed by atoms with Crippen molar-refractivity contribution in [3.05, 3.63) is 54.1 Å². The third kappa shape index (κ3) is 3.88.